The molecular formula is C21H24N3O2S+. The number of benzene rings is 2. The van der Waals surface area contributed by atoms with Gasteiger partial charge in [0.2, 0.25) is 0 Å². The van der Waals surface area contributed by atoms with Crippen LogP contribution in [0.5, 0.6) is 0 Å². The highest BCUT2D eigenvalue weighted by atomic mass is 32.2. The van der Waals surface area contributed by atoms with Gasteiger partial charge in [-0.05, 0) is 37.6 Å². The van der Waals surface area contributed by atoms with Gasteiger partial charge in [-0.25, -0.2) is 13.4 Å². The molecule has 0 amide bonds. The van der Waals surface area contributed by atoms with Crippen LogP contribution in [0.2, 0.25) is 0 Å². The molecule has 3 rings (SSSR count). The number of hydrogen-bond donors (Lipinski definition) is 1. The van der Waals surface area contributed by atoms with Crippen molar-refractivity contribution in [2.75, 3.05) is 16.2 Å². The van der Waals surface area contributed by atoms with Gasteiger partial charge < -0.3 is 0 Å². The zero-order chi connectivity index (χ0) is 19.3. The van der Waals surface area contributed by atoms with Crippen molar-refractivity contribution in [1.82, 2.24) is 0 Å². The lowest BCUT2D eigenvalue weighted by Gasteiger charge is -2.22. The summed E-state index contributed by atoms with van der Waals surface area (Å²) < 4.78 is 27.4. The molecule has 2 aromatic carbocycles. The zero-order valence-electron chi connectivity index (χ0n) is 15.5. The SMILES string of the molecule is CCN(c1ccccc1)S(=O)(=O)c1ccc(N[C@@H](C)c2ccccc2)[nH+]c1. The monoisotopic (exact) mass is 382 g/mol. The van der Waals surface area contributed by atoms with Gasteiger partial charge in [-0.15, -0.1) is 0 Å². The lowest BCUT2D eigenvalue weighted by molar-refractivity contribution is -0.364. The first kappa shape index (κ1) is 18.9. The Kier molecular flexibility index (Phi) is 5.76. The van der Waals surface area contributed by atoms with Crippen LogP contribution in [-0.2, 0) is 10.0 Å². The molecule has 1 heterocycles. The second-order valence-electron chi connectivity index (χ2n) is 6.22. The van der Waals surface area contributed by atoms with E-state index in [0.29, 0.717) is 12.2 Å². The standard InChI is InChI=1S/C21H23N3O2S/c1-3-24(19-12-8-5-9-13-19)27(25,26)20-14-15-21(22-16-20)23-17(2)18-10-6-4-7-11-18/h4-17H,3H2,1-2H3,(H,22,23)/p+1/t17-/m0/s1. The summed E-state index contributed by atoms with van der Waals surface area (Å²) in [6.07, 6.45) is 1.53. The van der Waals surface area contributed by atoms with Crippen LogP contribution in [0.25, 0.3) is 0 Å². The predicted octanol–water partition coefficient (Wildman–Crippen LogP) is 3.89. The molecule has 2 N–H and O–H groups in total. The molecule has 0 radical (unpaired) electrons. The summed E-state index contributed by atoms with van der Waals surface area (Å²) in [7, 11) is -3.63. The molecular weight excluding hydrogens is 358 g/mol. The molecule has 0 unspecified atom stereocenters. The number of aromatic amines is 1. The third-order valence-electron chi connectivity index (χ3n) is 4.38. The highest BCUT2D eigenvalue weighted by molar-refractivity contribution is 7.92. The number of anilines is 2. The van der Waals surface area contributed by atoms with Gasteiger partial charge in [0.05, 0.1) is 5.69 Å². The molecule has 0 aliphatic heterocycles. The average molecular weight is 383 g/mol. The quantitative estimate of drug-likeness (QED) is 0.674. The van der Waals surface area contributed by atoms with Crippen molar-refractivity contribution in [2.45, 2.75) is 24.8 Å². The lowest BCUT2D eigenvalue weighted by Crippen LogP contribution is -2.31. The third-order valence-corrected chi connectivity index (χ3v) is 6.27. The van der Waals surface area contributed by atoms with Crippen molar-refractivity contribution in [3.05, 3.63) is 84.6 Å². The first-order chi connectivity index (χ1) is 13.0. The fraction of sp³-hybridized carbons (Fsp3) is 0.190. The number of hydrogen-bond acceptors (Lipinski definition) is 3. The van der Waals surface area contributed by atoms with Crippen LogP contribution in [0, 0.1) is 0 Å². The summed E-state index contributed by atoms with van der Waals surface area (Å²) >= 11 is 0. The Morgan fingerprint density at radius 1 is 0.963 bits per heavy atom. The molecule has 0 spiro atoms. The first-order valence-corrected chi connectivity index (χ1v) is 10.4. The Morgan fingerprint density at radius 2 is 1.59 bits per heavy atom. The zero-order valence-corrected chi connectivity index (χ0v) is 16.3. The molecule has 0 aliphatic rings. The summed E-state index contributed by atoms with van der Waals surface area (Å²) in [6, 6.07) is 22.7. The number of nitrogens with one attached hydrogen (secondary N) is 2. The Morgan fingerprint density at radius 3 is 2.15 bits per heavy atom. The van der Waals surface area contributed by atoms with E-state index in [4.69, 9.17) is 0 Å². The van der Waals surface area contributed by atoms with E-state index in [1.54, 1.807) is 24.3 Å². The largest absolute Gasteiger partial charge is 0.272 e. The van der Waals surface area contributed by atoms with Crippen molar-refractivity contribution in [2.24, 2.45) is 0 Å². The van der Waals surface area contributed by atoms with Gasteiger partial charge in [0.15, 0.2) is 0 Å². The molecule has 0 saturated carbocycles. The Hall–Kier alpha value is -2.86. The molecule has 0 fully saturated rings. The van der Waals surface area contributed by atoms with E-state index in [-0.39, 0.29) is 10.9 Å². The molecule has 3 aromatic rings. The third kappa shape index (κ3) is 4.28. The molecule has 1 atom stereocenters. The van der Waals surface area contributed by atoms with Gasteiger partial charge in [-0.2, -0.15) is 0 Å². The summed E-state index contributed by atoms with van der Waals surface area (Å²) in [4.78, 5) is 3.29. The van der Waals surface area contributed by atoms with E-state index in [0.717, 1.165) is 11.4 Å². The van der Waals surface area contributed by atoms with Crippen LogP contribution in [0.4, 0.5) is 11.5 Å². The second-order valence-corrected chi connectivity index (χ2v) is 8.08. The summed E-state index contributed by atoms with van der Waals surface area (Å²) in [5, 5.41) is 3.35. The van der Waals surface area contributed by atoms with Crippen molar-refractivity contribution in [3.8, 4) is 0 Å². The Balaban J connectivity index is 1.79. The Labute approximate surface area is 160 Å². The van der Waals surface area contributed by atoms with Crippen LogP contribution >= 0.6 is 0 Å². The lowest BCUT2D eigenvalue weighted by atomic mass is 10.1. The maximum Gasteiger partial charge on any atom is 0.272 e. The minimum atomic E-state index is -3.63. The maximum absolute atomic E-state index is 13.0. The minimum Gasteiger partial charge on any atom is -0.268 e. The smallest absolute Gasteiger partial charge is 0.268 e. The van der Waals surface area contributed by atoms with Crippen LogP contribution in [0.15, 0.2) is 83.9 Å². The minimum absolute atomic E-state index is 0.0985. The van der Waals surface area contributed by atoms with E-state index in [2.05, 4.69) is 29.4 Å². The van der Waals surface area contributed by atoms with Crippen molar-refractivity contribution < 1.29 is 13.4 Å². The number of sulfonamides is 1. The number of nitrogens with zero attached hydrogens (tertiary/aromatic N) is 1. The number of pyridine rings is 1. The van der Waals surface area contributed by atoms with E-state index in [9.17, 15) is 8.42 Å². The number of aromatic nitrogens is 1. The van der Waals surface area contributed by atoms with Gasteiger partial charge in [0.1, 0.15) is 17.1 Å². The average Bonchev–Trinajstić information content (AvgIpc) is 2.70. The highest BCUT2D eigenvalue weighted by Gasteiger charge is 2.25. The maximum atomic E-state index is 13.0. The normalized spacial score (nSPS) is 12.4. The molecule has 5 nitrogen and oxygen atoms in total. The van der Waals surface area contributed by atoms with E-state index >= 15 is 0 Å². The van der Waals surface area contributed by atoms with Gasteiger partial charge in [0, 0.05) is 12.6 Å². The fourth-order valence-electron chi connectivity index (χ4n) is 2.93. The molecule has 0 bridgehead atoms. The van der Waals surface area contributed by atoms with Crippen LogP contribution in [0.1, 0.15) is 25.5 Å². The molecule has 6 heteroatoms. The Bertz CT molecular complexity index is 959. The fourth-order valence-corrected chi connectivity index (χ4v) is 4.37. The highest BCUT2D eigenvalue weighted by Crippen LogP contribution is 2.23. The number of rotatable bonds is 7. The number of H-pyrrole nitrogens is 1. The van der Waals surface area contributed by atoms with E-state index in [1.165, 1.54) is 10.5 Å². The summed E-state index contributed by atoms with van der Waals surface area (Å²) in [6.45, 7) is 4.24. The van der Waals surface area contributed by atoms with Crippen LogP contribution in [-0.4, -0.2) is 15.0 Å². The number of para-hydroxylation sites is 1. The van der Waals surface area contributed by atoms with Gasteiger partial charge in [0.25, 0.3) is 15.8 Å². The van der Waals surface area contributed by atoms with Crippen molar-refractivity contribution in [3.63, 3.8) is 0 Å². The first-order valence-electron chi connectivity index (χ1n) is 8.93. The van der Waals surface area contributed by atoms with Gasteiger partial charge >= 0.3 is 0 Å². The molecule has 0 saturated heterocycles. The molecule has 1 aromatic heterocycles. The van der Waals surface area contributed by atoms with Gasteiger partial charge in [-0.3, -0.25) is 9.62 Å². The van der Waals surface area contributed by atoms with E-state index < -0.39 is 10.0 Å². The van der Waals surface area contributed by atoms with Gasteiger partial charge in [-0.1, -0.05) is 48.5 Å². The van der Waals surface area contributed by atoms with Crippen LogP contribution in [0.3, 0.4) is 0 Å². The topological polar surface area (TPSA) is 63.6 Å². The molecule has 140 valence electrons. The van der Waals surface area contributed by atoms with E-state index in [1.807, 2.05) is 43.3 Å². The summed E-state index contributed by atoms with van der Waals surface area (Å²) in [5.41, 5.74) is 1.81. The van der Waals surface area contributed by atoms with Crippen molar-refractivity contribution in [1.29, 1.82) is 0 Å². The molecule has 0 aliphatic carbocycles. The second kappa shape index (κ2) is 8.22. The van der Waals surface area contributed by atoms with Crippen LogP contribution < -0.4 is 14.6 Å². The predicted molar refractivity (Wildman–Crippen MR) is 108 cm³/mol. The molecule has 27 heavy (non-hydrogen) atoms. The van der Waals surface area contributed by atoms with Crippen molar-refractivity contribution >= 4 is 21.5 Å². The summed E-state index contributed by atoms with van der Waals surface area (Å²) in [5.74, 6) is 0.757.